The molecule has 127 valence electrons. The summed E-state index contributed by atoms with van der Waals surface area (Å²) in [4.78, 5) is 12.2. The van der Waals surface area contributed by atoms with Crippen molar-refractivity contribution >= 4 is 0 Å². The van der Waals surface area contributed by atoms with Crippen molar-refractivity contribution in [3.63, 3.8) is 0 Å². The fourth-order valence-corrected chi connectivity index (χ4v) is 3.94. The molecular formula is C21H27N2O. The Hall–Kier alpha value is -1.90. The fraction of sp³-hybridized carbons (Fsp3) is 0.524. The molecule has 1 radical (unpaired) electrons. The Morgan fingerprint density at radius 1 is 1.21 bits per heavy atom. The molecule has 0 bridgehead atoms. The first kappa shape index (κ1) is 16.9. The zero-order valence-corrected chi connectivity index (χ0v) is 15.2. The minimum atomic E-state index is -0.0456. The van der Waals surface area contributed by atoms with Crippen LogP contribution in [0.5, 0.6) is 0 Å². The van der Waals surface area contributed by atoms with Gasteiger partial charge in [0.1, 0.15) is 0 Å². The first-order chi connectivity index (χ1) is 11.4. The van der Waals surface area contributed by atoms with Crippen LogP contribution in [0.4, 0.5) is 0 Å². The SMILES string of the molecule is Cc1ccc(=O)n(Cc2cc[c]c(C3CCCC3)c2C(C)(C)C)n1. The van der Waals surface area contributed by atoms with E-state index in [1.165, 1.54) is 42.4 Å². The molecule has 0 aliphatic heterocycles. The number of aromatic nitrogens is 2. The monoisotopic (exact) mass is 323 g/mol. The van der Waals surface area contributed by atoms with Crippen LogP contribution in [0.25, 0.3) is 0 Å². The fourth-order valence-electron chi connectivity index (χ4n) is 3.94. The number of hydrogen-bond acceptors (Lipinski definition) is 2. The normalized spacial score (nSPS) is 15.8. The first-order valence-electron chi connectivity index (χ1n) is 8.95. The highest BCUT2D eigenvalue weighted by Crippen LogP contribution is 2.40. The van der Waals surface area contributed by atoms with Gasteiger partial charge in [-0.3, -0.25) is 4.79 Å². The molecule has 2 aromatic rings. The highest BCUT2D eigenvalue weighted by molar-refractivity contribution is 5.42. The molecule has 1 aromatic carbocycles. The molecule has 0 saturated heterocycles. The van der Waals surface area contributed by atoms with Gasteiger partial charge >= 0.3 is 0 Å². The maximum absolute atomic E-state index is 12.2. The molecule has 0 N–H and O–H groups in total. The van der Waals surface area contributed by atoms with Gasteiger partial charge in [0.15, 0.2) is 0 Å². The number of rotatable bonds is 3. The summed E-state index contributed by atoms with van der Waals surface area (Å²) >= 11 is 0. The van der Waals surface area contributed by atoms with Crippen LogP contribution >= 0.6 is 0 Å². The number of nitrogens with zero attached hydrogens (tertiary/aromatic N) is 2. The summed E-state index contributed by atoms with van der Waals surface area (Å²) in [6.07, 6.45) is 5.13. The van der Waals surface area contributed by atoms with E-state index in [0.29, 0.717) is 12.5 Å². The molecule has 3 heteroatoms. The molecule has 1 heterocycles. The van der Waals surface area contributed by atoms with Crippen molar-refractivity contribution in [1.82, 2.24) is 9.78 Å². The van der Waals surface area contributed by atoms with E-state index in [2.05, 4.69) is 38.0 Å². The van der Waals surface area contributed by atoms with Crippen LogP contribution in [0, 0.1) is 13.0 Å². The van der Waals surface area contributed by atoms with Gasteiger partial charge in [0, 0.05) is 6.07 Å². The Morgan fingerprint density at radius 3 is 2.58 bits per heavy atom. The molecule has 24 heavy (non-hydrogen) atoms. The average molecular weight is 323 g/mol. The second kappa shape index (κ2) is 6.54. The Bertz CT molecular complexity index is 777. The lowest BCUT2D eigenvalue weighted by molar-refractivity contribution is 0.546. The van der Waals surface area contributed by atoms with E-state index < -0.39 is 0 Å². The highest BCUT2D eigenvalue weighted by atomic mass is 16.1. The maximum atomic E-state index is 12.2. The molecule has 1 aliphatic carbocycles. The van der Waals surface area contributed by atoms with E-state index >= 15 is 0 Å². The van der Waals surface area contributed by atoms with E-state index in [-0.39, 0.29) is 11.0 Å². The van der Waals surface area contributed by atoms with Crippen molar-refractivity contribution in [2.75, 3.05) is 0 Å². The smallest absolute Gasteiger partial charge is 0.267 e. The van der Waals surface area contributed by atoms with Crippen molar-refractivity contribution in [1.29, 1.82) is 0 Å². The van der Waals surface area contributed by atoms with Crippen molar-refractivity contribution < 1.29 is 0 Å². The zero-order valence-electron chi connectivity index (χ0n) is 15.2. The van der Waals surface area contributed by atoms with Crippen LogP contribution in [0.15, 0.2) is 29.1 Å². The van der Waals surface area contributed by atoms with Gasteiger partial charge in [0.25, 0.3) is 5.56 Å². The topological polar surface area (TPSA) is 34.9 Å². The van der Waals surface area contributed by atoms with Crippen LogP contribution in [0.2, 0.25) is 0 Å². The van der Waals surface area contributed by atoms with Crippen LogP contribution < -0.4 is 5.56 Å². The van der Waals surface area contributed by atoms with Gasteiger partial charge in [0.05, 0.1) is 12.2 Å². The van der Waals surface area contributed by atoms with Crippen LogP contribution in [0.1, 0.15) is 74.8 Å². The predicted molar refractivity (Wildman–Crippen MR) is 97.5 cm³/mol. The summed E-state index contributed by atoms with van der Waals surface area (Å²) in [5.41, 5.74) is 4.76. The summed E-state index contributed by atoms with van der Waals surface area (Å²) < 4.78 is 1.58. The zero-order chi connectivity index (χ0) is 17.3. The molecule has 0 atom stereocenters. The van der Waals surface area contributed by atoms with Crippen LogP contribution in [0.3, 0.4) is 0 Å². The Morgan fingerprint density at radius 2 is 1.92 bits per heavy atom. The largest absolute Gasteiger partial charge is 0.268 e. The van der Waals surface area contributed by atoms with Gasteiger partial charge < -0.3 is 0 Å². The Balaban J connectivity index is 2.08. The van der Waals surface area contributed by atoms with Crippen LogP contribution in [-0.2, 0) is 12.0 Å². The molecule has 0 spiro atoms. The number of benzene rings is 1. The third kappa shape index (κ3) is 3.45. The van der Waals surface area contributed by atoms with E-state index in [1.807, 2.05) is 13.0 Å². The molecule has 3 rings (SSSR count). The molecule has 0 unspecified atom stereocenters. The van der Waals surface area contributed by atoms with Crippen molar-refractivity contribution in [2.24, 2.45) is 0 Å². The Labute approximate surface area is 144 Å². The van der Waals surface area contributed by atoms with Gasteiger partial charge in [-0.1, -0.05) is 45.7 Å². The lowest BCUT2D eigenvalue weighted by Gasteiger charge is -2.29. The van der Waals surface area contributed by atoms with E-state index in [0.717, 1.165) is 5.69 Å². The summed E-state index contributed by atoms with van der Waals surface area (Å²) in [5.74, 6) is 0.612. The minimum Gasteiger partial charge on any atom is -0.268 e. The van der Waals surface area contributed by atoms with Crippen LogP contribution in [-0.4, -0.2) is 9.78 Å². The second-order valence-electron chi connectivity index (χ2n) is 7.99. The number of hydrogen-bond donors (Lipinski definition) is 0. The molecule has 1 aliphatic rings. The van der Waals surface area contributed by atoms with E-state index in [1.54, 1.807) is 16.8 Å². The predicted octanol–water partition coefficient (Wildman–Crippen LogP) is 4.36. The van der Waals surface area contributed by atoms with Gasteiger partial charge in [0.2, 0.25) is 0 Å². The average Bonchev–Trinajstić information content (AvgIpc) is 3.04. The summed E-state index contributed by atoms with van der Waals surface area (Å²) in [6, 6.07) is 11.0. The number of aryl methyl sites for hydroxylation is 1. The maximum Gasteiger partial charge on any atom is 0.267 e. The molecular weight excluding hydrogens is 296 g/mol. The summed E-state index contributed by atoms with van der Waals surface area (Å²) in [5, 5.41) is 4.41. The Kier molecular flexibility index (Phi) is 4.62. The quantitative estimate of drug-likeness (QED) is 0.841. The third-order valence-corrected chi connectivity index (χ3v) is 4.95. The van der Waals surface area contributed by atoms with Gasteiger partial charge in [-0.2, -0.15) is 5.10 Å². The third-order valence-electron chi connectivity index (χ3n) is 4.95. The highest BCUT2D eigenvalue weighted by Gasteiger charge is 2.27. The summed E-state index contributed by atoms with van der Waals surface area (Å²) in [6.45, 7) is 9.21. The van der Waals surface area contributed by atoms with E-state index in [9.17, 15) is 4.79 Å². The molecule has 0 amide bonds. The van der Waals surface area contributed by atoms with Gasteiger partial charge in [-0.05, 0) is 59.9 Å². The molecule has 3 nitrogen and oxygen atoms in total. The standard InChI is InChI=1S/C21H27N2O/c1-15-12-13-19(24)23(22-15)14-17-10-7-11-18(16-8-5-6-9-16)20(17)21(2,3)4/h7,10,12-13,16H,5-6,8-9,14H2,1-4H3. The van der Waals surface area contributed by atoms with Gasteiger partial charge in [-0.15, -0.1) is 0 Å². The minimum absolute atomic E-state index is 0.0262. The van der Waals surface area contributed by atoms with Crippen molar-refractivity contribution in [3.05, 3.63) is 63.1 Å². The van der Waals surface area contributed by atoms with Gasteiger partial charge in [-0.25, -0.2) is 4.68 Å². The molecule has 1 saturated carbocycles. The van der Waals surface area contributed by atoms with Crippen molar-refractivity contribution in [2.45, 2.75) is 71.3 Å². The second-order valence-corrected chi connectivity index (χ2v) is 7.99. The molecule has 1 aromatic heterocycles. The summed E-state index contributed by atoms with van der Waals surface area (Å²) in [7, 11) is 0. The molecule has 1 fully saturated rings. The lowest BCUT2D eigenvalue weighted by Crippen LogP contribution is -2.26. The van der Waals surface area contributed by atoms with E-state index in [4.69, 9.17) is 0 Å². The first-order valence-corrected chi connectivity index (χ1v) is 8.95. The van der Waals surface area contributed by atoms with Crippen molar-refractivity contribution in [3.8, 4) is 0 Å². The lowest BCUT2D eigenvalue weighted by atomic mass is 9.77.